The van der Waals surface area contributed by atoms with Crippen molar-refractivity contribution in [2.24, 2.45) is 0 Å². The number of H-pyrrole nitrogens is 1. The third kappa shape index (κ3) is 3.21. The van der Waals surface area contributed by atoms with E-state index in [-0.39, 0.29) is 5.91 Å². The summed E-state index contributed by atoms with van der Waals surface area (Å²) in [6, 6.07) is 12.6. The number of carbonyl (C=O) groups excluding carboxylic acids is 1. The number of aromatic nitrogens is 2. The Hall–Kier alpha value is -2.10. The molecule has 116 valence electrons. The van der Waals surface area contributed by atoms with E-state index in [0.717, 1.165) is 44.3 Å². The van der Waals surface area contributed by atoms with Gasteiger partial charge in [-0.2, -0.15) is 5.10 Å². The fourth-order valence-corrected chi connectivity index (χ4v) is 3.22. The number of aromatic amines is 1. The van der Waals surface area contributed by atoms with Gasteiger partial charge in [-0.05, 0) is 37.3 Å². The normalized spacial score (nSPS) is 17.9. The Morgan fingerprint density at radius 3 is 2.95 bits per heavy atom. The highest BCUT2D eigenvalue weighted by molar-refractivity contribution is 5.92. The summed E-state index contributed by atoms with van der Waals surface area (Å²) >= 11 is 0. The quantitative estimate of drug-likeness (QED) is 0.921. The van der Waals surface area contributed by atoms with Crippen LogP contribution in [0, 0.1) is 0 Å². The smallest absolute Gasteiger partial charge is 0.274 e. The number of aryl methyl sites for hydroxylation is 1. The zero-order valence-corrected chi connectivity index (χ0v) is 13.1. The number of amides is 1. The van der Waals surface area contributed by atoms with Gasteiger partial charge in [0.1, 0.15) is 5.69 Å². The average Bonchev–Trinajstić information content (AvgIpc) is 3.18. The van der Waals surface area contributed by atoms with Crippen molar-refractivity contribution in [2.75, 3.05) is 6.54 Å². The molecule has 1 aromatic heterocycles. The first kappa shape index (κ1) is 14.8. The van der Waals surface area contributed by atoms with Crippen molar-refractivity contribution in [3.05, 3.63) is 53.3 Å². The third-order valence-electron chi connectivity index (χ3n) is 4.32. The molecule has 1 fully saturated rings. The van der Waals surface area contributed by atoms with Gasteiger partial charge in [0.05, 0.1) is 0 Å². The highest BCUT2D eigenvalue weighted by Crippen LogP contribution is 2.23. The maximum Gasteiger partial charge on any atom is 0.274 e. The predicted molar refractivity (Wildman–Crippen MR) is 86.8 cm³/mol. The highest BCUT2D eigenvalue weighted by atomic mass is 16.2. The van der Waals surface area contributed by atoms with Gasteiger partial charge in [0.25, 0.3) is 5.91 Å². The lowest BCUT2D eigenvalue weighted by molar-refractivity contribution is 0.0730. The number of hydrogen-bond acceptors (Lipinski definition) is 2. The molecule has 0 spiro atoms. The van der Waals surface area contributed by atoms with Crippen molar-refractivity contribution >= 4 is 5.91 Å². The first-order chi connectivity index (χ1) is 10.8. The predicted octanol–water partition coefficient (Wildman–Crippen LogP) is 3.21. The van der Waals surface area contributed by atoms with E-state index < -0.39 is 0 Å². The van der Waals surface area contributed by atoms with Gasteiger partial charge in [0.15, 0.2) is 0 Å². The SMILES string of the molecule is CCCc1cc(C(=O)N2CCC[C@@H]2Cc2ccccc2)n[nH]1. The van der Waals surface area contributed by atoms with Crippen LogP contribution in [0.1, 0.15) is 47.9 Å². The van der Waals surface area contributed by atoms with E-state index in [1.54, 1.807) is 0 Å². The van der Waals surface area contributed by atoms with Gasteiger partial charge >= 0.3 is 0 Å². The van der Waals surface area contributed by atoms with Gasteiger partial charge in [-0.15, -0.1) is 0 Å². The molecule has 4 nitrogen and oxygen atoms in total. The average molecular weight is 297 g/mol. The summed E-state index contributed by atoms with van der Waals surface area (Å²) in [6.45, 7) is 2.96. The summed E-state index contributed by atoms with van der Waals surface area (Å²) < 4.78 is 0. The maximum absolute atomic E-state index is 12.7. The summed E-state index contributed by atoms with van der Waals surface area (Å²) in [6.07, 6.45) is 5.07. The Morgan fingerprint density at radius 2 is 2.18 bits per heavy atom. The molecule has 2 heterocycles. The Labute approximate surface area is 131 Å². The first-order valence-corrected chi connectivity index (χ1v) is 8.17. The van der Waals surface area contributed by atoms with Crippen LogP contribution in [0.15, 0.2) is 36.4 Å². The van der Waals surface area contributed by atoms with Crippen molar-refractivity contribution in [3.8, 4) is 0 Å². The lowest BCUT2D eigenvalue weighted by atomic mass is 10.0. The van der Waals surface area contributed by atoms with E-state index in [1.807, 2.05) is 17.0 Å². The molecule has 0 radical (unpaired) electrons. The Morgan fingerprint density at radius 1 is 1.36 bits per heavy atom. The Balaban J connectivity index is 1.70. The molecule has 2 aromatic rings. The number of nitrogens with zero attached hydrogens (tertiary/aromatic N) is 2. The van der Waals surface area contributed by atoms with Crippen LogP contribution >= 0.6 is 0 Å². The minimum atomic E-state index is 0.0667. The molecule has 1 amide bonds. The monoisotopic (exact) mass is 297 g/mol. The van der Waals surface area contributed by atoms with E-state index in [2.05, 4.69) is 41.4 Å². The molecule has 3 rings (SSSR count). The van der Waals surface area contributed by atoms with Crippen LogP contribution in [0.3, 0.4) is 0 Å². The molecule has 1 N–H and O–H groups in total. The lowest BCUT2D eigenvalue weighted by Crippen LogP contribution is -2.37. The van der Waals surface area contributed by atoms with Crippen LogP contribution in [0.2, 0.25) is 0 Å². The van der Waals surface area contributed by atoms with Gasteiger partial charge < -0.3 is 4.90 Å². The highest BCUT2D eigenvalue weighted by Gasteiger charge is 2.30. The summed E-state index contributed by atoms with van der Waals surface area (Å²) in [5.41, 5.74) is 2.90. The number of carbonyl (C=O) groups is 1. The van der Waals surface area contributed by atoms with Crippen LogP contribution in [-0.4, -0.2) is 33.6 Å². The van der Waals surface area contributed by atoms with Crippen molar-refractivity contribution in [2.45, 2.75) is 45.1 Å². The molecule has 1 atom stereocenters. The van der Waals surface area contributed by atoms with Crippen molar-refractivity contribution < 1.29 is 4.79 Å². The molecule has 0 aliphatic carbocycles. The number of benzene rings is 1. The fraction of sp³-hybridized carbons (Fsp3) is 0.444. The number of hydrogen-bond donors (Lipinski definition) is 1. The molecule has 0 unspecified atom stereocenters. The lowest BCUT2D eigenvalue weighted by Gasteiger charge is -2.24. The third-order valence-corrected chi connectivity index (χ3v) is 4.32. The van der Waals surface area contributed by atoms with E-state index in [4.69, 9.17) is 0 Å². The molecule has 1 aliphatic heterocycles. The minimum Gasteiger partial charge on any atom is -0.334 e. The van der Waals surface area contributed by atoms with Crippen molar-refractivity contribution in [1.82, 2.24) is 15.1 Å². The summed E-state index contributed by atoms with van der Waals surface area (Å²) in [4.78, 5) is 14.7. The molecule has 4 heteroatoms. The molecule has 1 aromatic carbocycles. The van der Waals surface area contributed by atoms with Crippen LogP contribution in [-0.2, 0) is 12.8 Å². The van der Waals surface area contributed by atoms with Gasteiger partial charge in [-0.1, -0.05) is 43.7 Å². The van der Waals surface area contributed by atoms with Gasteiger partial charge in [-0.3, -0.25) is 9.89 Å². The summed E-state index contributed by atoms with van der Waals surface area (Å²) in [5.74, 6) is 0.0667. The van der Waals surface area contributed by atoms with Gasteiger partial charge in [0, 0.05) is 18.3 Å². The first-order valence-electron chi connectivity index (χ1n) is 8.17. The zero-order chi connectivity index (χ0) is 15.4. The minimum absolute atomic E-state index is 0.0667. The topological polar surface area (TPSA) is 49.0 Å². The molecular formula is C18H23N3O. The van der Waals surface area contributed by atoms with E-state index in [1.165, 1.54) is 5.56 Å². The van der Waals surface area contributed by atoms with E-state index in [9.17, 15) is 4.79 Å². The van der Waals surface area contributed by atoms with Crippen LogP contribution < -0.4 is 0 Å². The number of nitrogens with one attached hydrogen (secondary N) is 1. The summed E-state index contributed by atoms with van der Waals surface area (Å²) in [5, 5.41) is 7.18. The molecule has 22 heavy (non-hydrogen) atoms. The fourth-order valence-electron chi connectivity index (χ4n) is 3.22. The van der Waals surface area contributed by atoms with Crippen LogP contribution in [0.5, 0.6) is 0 Å². The van der Waals surface area contributed by atoms with Gasteiger partial charge in [-0.25, -0.2) is 0 Å². The zero-order valence-electron chi connectivity index (χ0n) is 13.1. The van der Waals surface area contributed by atoms with E-state index in [0.29, 0.717) is 11.7 Å². The molecule has 0 saturated carbocycles. The number of rotatable bonds is 5. The molecule has 0 bridgehead atoms. The molecule has 1 saturated heterocycles. The van der Waals surface area contributed by atoms with Gasteiger partial charge in [0.2, 0.25) is 0 Å². The number of likely N-dealkylation sites (tertiary alicyclic amines) is 1. The standard InChI is InChI=1S/C18H23N3O/c1-2-7-15-13-17(20-19-15)18(22)21-11-6-10-16(21)12-14-8-4-3-5-9-14/h3-5,8-9,13,16H,2,6-7,10-12H2,1H3,(H,19,20)/t16-/m1/s1. The second kappa shape index (κ2) is 6.77. The Kier molecular flexibility index (Phi) is 4.56. The van der Waals surface area contributed by atoms with E-state index >= 15 is 0 Å². The van der Waals surface area contributed by atoms with Crippen LogP contribution in [0.25, 0.3) is 0 Å². The van der Waals surface area contributed by atoms with Crippen molar-refractivity contribution in [3.63, 3.8) is 0 Å². The summed E-state index contributed by atoms with van der Waals surface area (Å²) in [7, 11) is 0. The van der Waals surface area contributed by atoms with Crippen LogP contribution in [0.4, 0.5) is 0 Å². The largest absolute Gasteiger partial charge is 0.334 e. The molecule has 1 aliphatic rings. The Bertz CT molecular complexity index is 620. The second-order valence-corrected chi connectivity index (χ2v) is 6.01. The molecular weight excluding hydrogens is 274 g/mol. The second-order valence-electron chi connectivity index (χ2n) is 6.01. The van der Waals surface area contributed by atoms with Crippen molar-refractivity contribution in [1.29, 1.82) is 0 Å². The maximum atomic E-state index is 12.7.